The lowest BCUT2D eigenvalue weighted by molar-refractivity contribution is 0.0775. The van der Waals surface area contributed by atoms with Crippen LogP contribution in [0.3, 0.4) is 0 Å². The summed E-state index contributed by atoms with van der Waals surface area (Å²) in [5, 5.41) is 17.5. The van der Waals surface area contributed by atoms with Gasteiger partial charge in [0, 0.05) is 60.2 Å². The van der Waals surface area contributed by atoms with Gasteiger partial charge in [0.15, 0.2) is 0 Å². The molecule has 2 aromatic heterocycles. The van der Waals surface area contributed by atoms with E-state index >= 15 is 0 Å². The number of benzene rings is 3. The molecule has 1 amide bonds. The molecule has 51 heavy (non-hydrogen) atoms. The van der Waals surface area contributed by atoms with Crippen molar-refractivity contribution >= 4 is 33.3 Å². The van der Waals surface area contributed by atoms with E-state index in [0.29, 0.717) is 23.1 Å². The number of aliphatic hydroxyl groups excluding tert-OH is 1. The maximum absolute atomic E-state index is 14.2. The second-order valence-corrected chi connectivity index (χ2v) is 14.5. The topological polar surface area (TPSA) is 163 Å². The van der Waals surface area contributed by atoms with E-state index < -0.39 is 46.3 Å². The number of nitrogen functional groups attached to an aromatic ring is 1. The van der Waals surface area contributed by atoms with Crippen LogP contribution in [0.1, 0.15) is 35.3 Å². The van der Waals surface area contributed by atoms with Crippen molar-refractivity contribution in [2.45, 2.75) is 44.2 Å². The van der Waals surface area contributed by atoms with E-state index in [0.717, 1.165) is 27.6 Å². The Bertz CT molecular complexity index is 2070. The lowest BCUT2D eigenvalue weighted by Gasteiger charge is -2.31. The molecule has 0 saturated carbocycles. The molecule has 14 heteroatoms. The number of aryl methyl sites for hydroxylation is 1. The monoisotopic (exact) mass is 715 g/mol. The normalized spacial score (nSPS) is 12.9. The van der Waals surface area contributed by atoms with Crippen molar-refractivity contribution in [1.82, 2.24) is 24.6 Å². The van der Waals surface area contributed by atoms with Gasteiger partial charge in [0.25, 0.3) is 5.91 Å². The van der Waals surface area contributed by atoms with E-state index in [-0.39, 0.29) is 40.9 Å². The van der Waals surface area contributed by atoms with Crippen molar-refractivity contribution in [3.8, 4) is 11.3 Å². The Hall–Kier alpha value is -5.31. The first-order chi connectivity index (χ1) is 24.3. The molecule has 0 fully saturated rings. The van der Waals surface area contributed by atoms with E-state index in [1.54, 1.807) is 48.9 Å². The number of nitrogens with one attached hydrogen (secondary N) is 2. The third-order valence-corrected chi connectivity index (χ3v) is 9.84. The van der Waals surface area contributed by atoms with Crippen LogP contribution < -0.4 is 16.4 Å². The zero-order valence-electron chi connectivity index (χ0n) is 28.3. The van der Waals surface area contributed by atoms with Gasteiger partial charge in [-0.2, -0.15) is 4.31 Å². The number of aromatic nitrogens is 3. The zero-order chi connectivity index (χ0) is 36.7. The predicted octanol–water partition coefficient (Wildman–Crippen LogP) is 5.50. The molecule has 3 aromatic carbocycles. The third-order valence-electron chi connectivity index (χ3n) is 8.00. The Morgan fingerprint density at radius 3 is 2.35 bits per heavy atom. The molecule has 0 aliphatic carbocycles. The lowest BCUT2D eigenvalue weighted by atomic mass is 9.99. The molecule has 0 spiro atoms. The summed E-state index contributed by atoms with van der Waals surface area (Å²) >= 11 is 0. The van der Waals surface area contributed by atoms with Crippen molar-refractivity contribution < 1.29 is 27.1 Å². The molecule has 266 valence electrons. The van der Waals surface area contributed by atoms with Crippen LogP contribution in [0.5, 0.6) is 0 Å². The van der Waals surface area contributed by atoms with Crippen molar-refractivity contribution in [3.05, 3.63) is 126 Å². The number of rotatable bonds is 14. The van der Waals surface area contributed by atoms with Gasteiger partial charge in [-0.05, 0) is 97.1 Å². The average Bonchev–Trinajstić information content (AvgIpc) is 3.08. The molecule has 0 bridgehead atoms. The molecular formula is C37H39F2N7O4S. The van der Waals surface area contributed by atoms with E-state index in [2.05, 4.69) is 25.6 Å². The van der Waals surface area contributed by atoms with Gasteiger partial charge in [0.2, 0.25) is 16.0 Å². The zero-order valence-corrected chi connectivity index (χ0v) is 29.1. The molecule has 11 nitrogen and oxygen atoms in total. The Morgan fingerprint density at radius 2 is 1.69 bits per heavy atom. The molecule has 5 aromatic rings. The molecular weight excluding hydrogens is 677 g/mol. The molecule has 2 heterocycles. The van der Waals surface area contributed by atoms with Crippen LogP contribution in [0.15, 0.2) is 102 Å². The third kappa shape index (κ3) is 9.69. The van der Waals surface area contributed by atoms with Crippen LogP contribution in [-0.2, 0) is 16.4 Å². The number of nitrogens with zero attached hydrogens (tertiary/aromatic N) is 4. The van der Waals surface area contributed by atoms with Gasteiger partial charge in [-0.1, -0.05) is 19.9 Å². The fourth-order valence-electron chi connectivity index (χ4n) is 5.43. The number of halogens is 2. The minimum atomic E-state index is -4.11. The molecule has 0 aliphatic heterocycles. The quantitative estimate of drug-likeness (QED) is 0.109. The van der Waals surface area contributed by atoms with E-state index in [4.69, 9.17) is 5.73 Å². The van der Waals surface area contributed by atoms with Gasteiger partial charge < -0.3 is 21.5 Å². The Balaban J connectivity index is 1.41. The molecule has 0 aliphatic rings. The van der Waals surface area contributed by atoms with Crippen LogP contribution in [0.4, 0.5) is 26.1 Å². The summed E-state index contributed by atoms with van der Waals surface area (Å²) in [6, 6.07) is 17.7. The highest BCUT2D eigenvalue weighted by Crippen LogP contribution is 2.24. The Morgan fingerprint density at radius 1 is 0.961 bits per heavy atom. The summed E-state index contributed by atoms with van der Waals surface area (Å²) in [7, 11) is -4.11. The molecule has 0 saturated heterocycles. The van der Waals surface area contributed by atoms with Gasteiger partial charge in [-0.3, -0.25) is 9.78 Å². The standard InChI is InChI=1S/C37H39F2N7O4S/c1-23(2)21-46(51(49,50)31-10-8-30(40)9-11-31)22-35(47)34(17-25-15-28(38)19-29(39)16-25)43-36(48)26-7-6-24(3)33(18-26)45-37-42-14-12-32(44-37)27-5-4-13-41-20-27/h4-16,18-20,23,34-35,47H,17,21-22,40H2,1-3H3,(H,43,48)(H,42,44,45)/t34-,35+/m0/s1. The van der Waals surface area contributed by atoms with Crippen molar-refractivity contribution in [2.75, 3.05) is 24.1 Å². The number of pyridine rings is 1. The van der Waals surface area contributed by atoms with Crippen molar-refractivity contribution in [1.29, 1.82) is 0 Å². The van der Waals surface area contributed by atoms with Gasteiger partial charge in [0.05, 0.1) is 22.7 Å². The number of carbonyl (C=O) groups excluding carboxylic acids is 1. The Kier molecular flexibility index (Phi) is 11.7. The fourth-order valence-corrected chi connectivity index (χ4v) is 7.05. The molecule has 0 unspecified atom stereocenters. The van der Waals surface area contributed by atoms with E-state index in [9.17, 15) is 27.1 Å². The fraction of sp³-hybridized carbons (Fsp3) is 0.243. The molecule has 5 N–H and O–H groups in total. The summed E-state index contributed by atoms with van der Waals surface area (Å²) in [5.41, 5.74) is 9.26. The van der Waals surface area contributed by atoms with E-state index in [1.807, 2.05) is 26.8 Å². The van der Waals surface area contributed by atoms with Gasteiger partial charge in [-0.15, -0.1) is 0 Å². The summed E-state index contributed by atoms with van der Waals surface area (Å²) < 4.78 is 57.0. The number of sulfonamides is 1. The number of amides is 1. The first-order valence-electron chi connectivity index (χ1n) is 16.2. The summed E-state index contributed by atoms with van der Waals surface area (Å²) in [6.07, 6.45) is 3.25. The minimum Gasteiger partial charge on any atom is -0.399 e. The first-order valence-corrected chi connectivity index (χ1v) is 17.6. The number of carbonyl (C=O) groups is 1. The molecule has 2 atom stereocenters. The van der Waals surface area contributed by atoms with Crippen LogP contribution in [0.25, 0.3) is 11.3 Å². The second kappa shape index (κ2) is 16.1. The SMILES string of the molecule is Cc1ccc(C(=O)N[C@@H](Cc2cc(F)cc(F)c2)[C@H](O)CN(CC(C)C)S(=O)(=O)c2ccc(N)cc2)cc1Nc1nccc(-c2cccnc2)n1. The molecule has 0 radical (unpaired) electrons. The minimum absolute atomic E-state index is 0.0213. The maximum Gasteiger partial charge on any atom is 0.251 e. The highest BCUT2D eigenvalue weighted by Gasteiger charge is 2.32. The average molecular weight is 716 g/mol. The number of anilines is 3. The van der Waals surface area contributed by atoms with Gasteiger partial charge in [-0.25, -0.2) is 27.2 Å². The van der Waals surface area contributed by atoms with Crippen molar-refractivity contribution in [3.63, 3.8) is 0 Å². The molecule has 5 rings (SSSR count). The second-order valence-electron chi connectivity index (χ2n) is 12.6. The van der Waals surface area contributed by atoms with Gasteiger partial charge >= 0.3 is 0 Å². The number of aliphatic hydroxyl groups is 1. The van der Waals surface area contributed by atoms with Crippen molar-refractivity contribution in [2.24, 2.45) is 5.92 Å². The predicted molar refractivity (Wildman–Crippen MR) is 191 cm³/mol. The lowest BCUT2D eigenvalue weighted by Crippen LogP contribution is -2.51. The first kappa shape index (κ1) is 37.0. The van der Waals surface area contributed by atoms with Crippen LogP contribution in [-0.4, -0.2) is 63.9 Å². The Labute approximate surface area is 295 Å². The van der Waals surface area contributed by atoms with E-state index in [1.165, 1.54) is 24.3 Å². The van der Waals surface area contributed by atoms with Crippen LogP contribution in [0, 0.1) is 24.5 Å². The number of nitrogens with two attached hydrogens (primary N) is 1. The highest BCUT2D eigenvalue weighted by molar-refractivity contribution is 7.89. The van der Waals surface area contributed by atoms with Crippen LogP contribution in [0.2, 0.25) is 0 Å². The smallest absolute Gasteiger partial charge is 0.251 e. The summed E-state index contributed by atoms with van der Waals surface area (Å²) in [4.78, 5) is 26.7. The summed E-state index contributed by atoms with van der Waals surface area (Å²) in [6.45, 7) is 5.13. The maximum atomic E-state index is 14.2. The van der Waals surface area contributed by atoms with Crippen LogP contribution >= 0.6 is 0 Å². The number of hydrogen-bond acceptors (Lipinski definition) is 9. The largest absolute Gasteiger partial charge is 0.399 e. The summed E-state index contributed by atoms with van der Waals surface area (Å²) in [5.74, 6) is -2.12. The van der Waals surface area contributed by atoms with Gasteiger partial charge in [0.1, 0.15) is 11.6 Å². The number of hydrogen-bond donors (Lipinski definition) is 4. The highest BCUT2D eigenvalue weighted by atomic mass is 32.2.